The van der Waals surface area contributed by atoms with Crippen LogP contribution in [-0.2, 0) is 9.53 Å². The van der Waals surface area contributed by atoms with Gasteiger partial charge in [0.15, 0.2) is 28.2 Å². The molecule has 0 saturated carbocycles. The predicted octanol–water partition coefficient (Wildman–Crippen LogP) is 4.39. The number of allylic oxidation sites excluding steroid dienone is 1. The average molecular weight is 589 g/mol. The monoisotopic (exact) mass is 588 g/mol. The van der Waals surface area contributed by atoms with Crippen LogP contribution in [0.25, 0.3) is 0 Å². The van der Waals surface area contributed by atoms with E-state index in [-0.39, 0.29) is 29.4 Å². The van der Waals surface area contributed by atoms with Gasteiger partial charge in [-0.15, -0.1) is 11.3 Å². The summed E-state index contributed by atoms with van der Waals surface area (Å²) in [7, 11) is 0. The quantitative estimate of drug-likeness (QED) is 0.305. The summed E-state index contributed by atoms with van der Waals surface area (Å²) in [5, 5.41) is 14.4. The molecule has 14 heteroatoms. The van der Waals surface area contributed by atoms with E-state index in [2.05, 4.69) is 25.3 Å². The number of nitrogens with zero attached hydrogens (tertiary/aromatic N) is 5. The highest BCUT2D eigenvalue weighted by molar-refractivity contribution is 7.11. The number of rotatable bonds is 7. The van der Waals surface area contributed by atoms with Gasteiger partial charge in [-0.3, -0.25) is 4.99 Å². The lowest BCUT2D eigenvalue weighted by Gasteiger charge is -2.37. The fourth-order valence-corrected chi connectivity index (χ4v) is 5.63. The maximum Gasteiger partial charge on any atom is 0.354 e. The zero-order valence-electron chi connectivity index (χ0n) is 21.1. The zero-order chi connectivity index (χ0) is 28.4. The minimum atomic E-state index is -1.23. The van der Waals surface area contributed by atoms with E-state index in [1.54, 1.807) is 18.5 Å². The Hall–Kier alpha value is -3.97. The number of benzene rings is 1. The van der Waals surface area contributed by atoms with E-state index >= 15 is 0 Å². The number of carboxylic acids is 1. The van der Waals surface area contributed by atoms with Gasteiger partial charge in [0.25, 0.3) is 0 Å². The van der Waals surface area contributed by atoms with Crippen molar-refractivity contribution in [3.8, 4) is 0 Å². The van der Waals surface area contributed by atoms with Crippen molar-refractivity contribution >= 4 is 46.5 Å². The fourth-order valence-electron chi connectivity index (χ4n) is 4.78. The second-order valence-corrected chi connectivity index (χ2v) is 10.3. The van der Waals surface area contributed by atoms with Crippen molar-refractivity contribution in [2.45, 2.75) is 25.8 Å². The molecule has 1 unspecified atom stereocenters. The summed E-state index contributed by atoms with van der Waals surface area (Å²) in [6.07, 6.45) is 3.93. The Morgan fingerprint density at radius 1 is 1.23 bits per heavy atom. The van der Waals surface area contributed by atoms with Crippen LogP contribution in [0.2, 0.25) is 5.02 Å². The third-order valence-electron chi connectivity index (χ3n) is 6.66. The molecule has 2 aliphatic heterocycles. The number of nitrogens with one attached hydrogen (secondary N) is 1. The number of aromatic carboxylic acids is 1. The summed E-state index contributed by atoms with van der Waals surface area (Å²) in [4.78, 5) is 43.7. The average Bonchev–Trinajstić information content (AvgIpc) is 3.51. The second-order valence-electron chi connectivity index (χ2n) is 8.98. The van der Waals surface area contributed by atoms with Crippen molar-refractivity contribution in [3.05, 3.63) is 80.3 Å². The Bertz CT molecular complexity index is 1510. The van der Waals surface area contributed by atoms with E-state index in [4.69, 9.17) is 16.3 Å². The zero-order valence-corrected chi connectivity index (χ0v) is 22.7. The number of ether oxygens (including phenoxy) is 1. The molecular formula is C26H23ClF2N6O4S. The van der Waals surface area contributed by atoms with Gasteiger partial charge in [-0.25, -0.2) is 33.3 Å². The van der Waals surface area contributed by atoms with E-state index in [1.165, 1.54) is 29.8 Å². The van der Waals surface area contributed by atoms with E-state index in [0.29, 0.717) is 48.3 Å². The SMILES string of the molecule is CCOC(=O)C1=C(C2CCN(c3cc(C(=O)O)ncn3)CC2)NC(c2nccs2)=NC1c1ccc(F)c(F)c1Cl. The van der Waals surface area contributed by atoms with Crippen LogP contribution in [-0.4, -0.2) is 57.5 Å². The van der Waals surface area contributed by atoms with Gasteiger partial charge in [0.05, 0.1) is 17.2 Å². The van der Waals surface area contributed by atoms with Crippen molar-refractivity contribution in [1.29, 1.82) is 0 Å². The van der Waals surface area contributed by atoms with Gasteiger partial charge in [-0.2, -0.15) is 0 Å². The topological polar surface area (TPSA) is 130 Å². The Kier molecular flexibility index (Phi) is 8.03. The van der Waals surface area contributed by atoms with Gasteiger partial charge in [-0.1, -0.05) is 17.7 Å². The van der Waals surface area contributed by atoms with Gasteiger partial charge in [-0.05, 0) is 25.8 Å². The van der Waals surface area contributed by atoms with Crippen molar-refractivity contribution < 1.29 is 28.2 Å². The lowest BCUT2D eigenvalue weighted by Crippen LogP contribution is -2.41. The summed E-state index contributed by atoms with van der Waals surface area (Å²) in [6, 6.07) is 2.60. The minimum Gasteiger partial charge on any atom is -0.477 e. The van der Waals surface area contributed by atoms with Crippen LogP contribution < -0.4 is 10.2 Å². The molecule has 2 aromatic heterocycles. The first-order valence-electron chi connectivity index (χ1n) is 12.4. The molecule has 0 radical (unpaired) electrons. The molecule has 4 heterocycles. The Morgan fingerprint density at radius 3 is 2.67 bits per heavy atom. The van der Waals surface area contributed by atoms with Crippen LogP contribution in [0.15, 0.2) is 52.4 Å². The van der Waals surface area contributed by atoms with Gasteiger partial charge < -0.3 is 20.1 Å². The second kappa shape index (κ2) is 11.6. The number of carboxylic acid groups (broad SMARTS) is 1. The molecule has 2 N–H and O–H groups in total. The summed E-state index contributed by atoms with van der Waals surface area (Å²) >= 11 is 7.58. The standard InChI is InChI=1S/C26H23ClF2N6O4S/c1-2-39-26(38)18-21(13-5-8-35(9-6-13)17-11-16(25(36)37)31-12-32-17)33-23(24-30-7-10-40-24)34-22(18)14-3-4-15(28)20(29)19(14)27/h3-4,7,10-13,22H,2,5-6,8-9H2,1H3,(H,33,34)(H,36,37). The van der Waals surface area contributed by atoms with Crippen LogP contribution in [0.1, 0.15) is 46.9 Å². The Labute approximate surface area is 236 Å². The number of carbonyl (C=O) groups is 2. The van der Waals surface area contributed by atoms with Gasteiger partial charge in [0.1, 0.15) is 18.2 Å². The first kappa shape index (κ1) is 27.6. The molecule has 2 aliphatic rings. The third-order valence-corrected chi connectivity index (χ3v) is 7.83. The van der Waals surface area contributed by atoms with Gasteiger partial charge in [0.2, 0.25) is 0 Å². The van der Waals surface area contributed by atoms with E-state index in [1.807, 2.05) is 4.90 Å². The lowest BCUT2D eigenvalue weighted by atomic mass is 9.85. The highest BCUT2D eigenvalue weighted by atomic mass is 35.5. The number of esters is 1. The normalized spacial score (nSPS) is 17.9. The van der Waals surface area contributed by atoms with Crippen LogP contribution in [0.5, 0.6) is 0 Å². The maximum absolute atomic E-state index is 14.6. The van der Waals surface area contributed by atoms with E-state index in [9.17, 15) is 23.5 Å². The number of piperidine rings is 1. The highest BCUT2D eigenvalue weighted by Crippen LogP contribution is 2.41. The molecular weight excluding hydrogens is 566 g/mol. The summed E-state index contributed by atoms with van der Waals surface area (Å²) < 4.78 is 33.9. The molecule has 5 rings (SSSR count). The lowest BCUT2D eigenvalue weighted by molar-refractivity contribution is -0.139. The first-order chi connectivity index (χ1) is 19.3. The number of hydrogen-bond acceptors (Lipinski definition) is 10. The minimum absolute atomic E-state index is 0.0922. The van der Waals surface area contributed by atoms with Crippen molar-refractivity contribution in [2.24, 2.45) is 10.9 Å². The highest BCUT2D eigenvalue weighted by Gasteiger charge is 2.38. The number of aliphatic imine (C=N–C) groups is 1. The van der Waals surface area contributed by atoms with Crippen LogP contribution in [0.4, 0.5) is 14.6 Å². The van der Waals surface area contributed by atoms with Crippen LogP contribution in [0.3, 0.4) is 0 Å². The van der Waals surface area contributed by atoms with Crippen LogP contribution >= 0.6 is 22.9 Å². The Morgan fingerprint density at radius 2 is 2.00 bits per heavy atom. The molecule has 1 fully saturated rings. The number of carbonyl (C=O) groups excluding carboxylic acids is 1. The van der Waals surface area contributed by atoms with Crippen molar-refractivity contribution in [1.82, 2.24) is 20.3 Å². The van der Waals surface area contributed by atoms with Crippen molar-refractivity contribution in [3.63, 3.8) is 0 Å². The molecule has 0 spiro atoms. The number of anilines is 1. The number of amidine groups is 1. The van der Waals surface area contributed by atoms with Crippen LogP contribution in [0, 0.1) is 17.6 Å². The van der Waals surface area contributed by atoms with Crippen molar-refractivity contribution in [2.75, 3.05) is 24.6 Å². The van der Waals surface area contributed by atoms with E-state index in [0.717, 1.165) is 6.07 Å². The molecule has 208 valence electrons. The first-order valence-corrected chi connectivity index (χ1v) is 13.6. The maximum atomic E-state index is 14.6. The third kappa shape index (κ3) is 5.39. The molecule has 1 saturated heterocycles. The smallest absolute Gasteiger partial charge is 0.354 e. The fraction of sp³-hybridized carbons (Fsp3) is 0.308. The molecule has 0 amide bonds. The molecule has 3 aromatic rings. The summed E-state index contributed by atoms with van der Waals surface area (Å²) in [5.41, 5.74) is 0.710. The molecule has 10 nitrogen and oxygen atoms in total. The van der Waals surface area contributed by atoms with E-state index < -0.39 is 34.6 Å². The molecule has 0 bridgehead atoms. The largest absolute Gasteiger partial charge is 0.477 e. The molecule has 1 aromatic carbocycles. The number of thiazole rings is 1. The number of hydrogen-bond donors (Lipinski definition) is 2. The van der Waals surface area contributed by atoms with Gasteiger partial charge in [0, 0.05) is 47.9 Å². The molecule has 0 aliphatic carbocycles. The molecule has 40 heavy (non-hydrogen) atoms. The molecule has 1 atom stereocenters. The Balaban J connectivity index is 1.54. The summed E-state index contributed by atoms with van der Waals surface area (Å²) in [6.45, 7) is 2.77. The number of halogens is 3. The number of aromatic nitrogens is 3. The van der Waals surface area contributed by atoms with Gasteiger partial charge >= 0.3 is 11.9 Å². The summed E-state index contributed by atoms with van der Waals surface area (Å²) in [5.74, 6) is -3.48. The predicted molar refractivity (Wildman–Crippen MR) is 143 cm³/mol.